The van der Waals surface area contributed by atoms with Crippen LogP contribution >= 0.6 is 0 Å². The summed E-state index contributed by atoms with van der Waals surface area (Å²) in [5.41, 5.74) is 0.660. The average molecular weight is 423 g/mol. The van der Waals surface area contributed by atoms with Crippen LogP contribution in [0.25, 0.3) is 0 Å². The number of hydrogen-bond acceptors (Lipinski definition) is 4. The van der Waals surface area contributed by atoms with Gasteiger partial charge in [-0.15, -0.1) is 0 Å². The predicted octanol–water partition coefficient (Wildman–Crippen LogP) is 3.47. The number of amides is 1. The lowest BCUT2D eigenvalue weighted by Crippen LogP contribution is -2.49. The molecule has 29 heavy (non-hydrogen) atoms. The van der Waals surface area contributed by atoms with E-state index in [4.69, 9.17) is 4.74 Å². The minimum atomic E-state index is -3.89. The van der Waals surface area contributed by atoms with Crippen molar-refractivity contribution in [3.8, 4) is 5.75 Å². The van der Waals surface area contributed by atoms with Crippen LogP contribution in [0.3, 0.4) is 0 Å². The molecule has 6 nitrogen and oxygen atoms in total. The van der Waals surface area contributed by atoms with Crippen molar-refractivity contribution in [2.24, 2.45) is 0 Å². The highest BCUT2D eigenvalue weighted by atomic mass is 32.2. The molecule has 0 aromatic heterocycles. The molecule has 0 saturated heterocycles. The Morgan fingerprint density at radius 3 is 2.45 bits per heavy atom. The molecule has 8 heteroatoms. The Labute approximate surface area is 171 Å². The minimum absolute atomic E-state index is 0.0217. The summed E-state index contributed by atoms with van der Waals surface area (Å²) in [6, 6.07) is 11.7. The molecule has 0 fully saturated rings. The van der Waals surface area contributed by atoms with Crippen LogP contribution in [0.2, 0.25) is 0 Å². The quantitative estimate of drug-likeness (QED) is 0.671. The zero-order chi connectivity index (χ0) is 21.6. The van der Waals surface area contributed by atoms with Gasteiger partial charge in [0.2, 0.25) is 15.9 Å². The molecule has 1 amide bonds. The van der Waals surface area contributed by atoms with E-state index in [2.05, 4.69) is 5.32 Å². The van der Waals surface area contributed by atoms with Gasteiger partial charge in [0.05, 0.1) is 18.0 Å². The molecule has 0 spiro atoms. The van der Waals surface area contributed by atoms with Gasteiger partial charge in [-0.3, -0.25) is 9.10 Å². The molecule has 2 rings (SSSR count). The number of para-hydroxylation sites is 1. The maximum atomic E-state index is 14.3. The molecule has 158 valence electrons. The lowest BCUT2D eigenvalue weighted by molar-refractivity contribution is -0.122. The molecule has 0 saturated carbocycles. The standard InChI is InChI=1S/C21H27FN2O4S/c1-5-19(24(29(4,26)27)20-12-7-6-11-18(20)22)21(25)23-14-16-9-8-10-17(13-16)28-15(2)3/h6-13,15,19H,5,14H2,1-4H3,(H,23,25). The summed E-state index contributed by atoms with van der Waals surface area (Å²) in [7, 11) is -3.89. The van der Waals surface area contributed by atoms with E-state index in [1.54, 1.807) is 6.92 Å². The summed E-state index contributed by atoms with van der Waals surface area (Å²) in [5, 5.41) is 2.75. The first-order valence-electron chi connectivity index (χ1n) is 9.40. The zero-order valence-electron chi connectivity index (χ0n) is 17.1. The Morgan fingerprint density at radius 1 is 1.17 bits per heavy atom. The molecule has 0 aliphatic carbocycles. The van der Waals surface area contributed by atoms with Gasteiger partial charge in [-0.05, 0) is 50.1 Å². The maximum absolute atomic E-state index is 14.3. The van der Waals surface area contributed by atoms with Gasteiger partial charge in [-0.25, -0.2) is 12.8 Å². The van der Waals surface area contributed by atoms with E-state index in [0.29, 0.717) is 5.75 Å². The second-order valence-corrected chi connectivity index (χ2v) is 8.83. The SMILES string of the molecule is CCC(C(=O)NCc1cccc(OC(C)C)c1)N(c1ccccc1F)S(C)(=O)=O. The Morgan fingerprint density at radius 2 is 1.86 bits per heavy atom. The highest BCUT2D eigenvalue weighted by Gasteiger charge is 2.32. The topological polar surface area (TPSA) is 75.7 Å². The van der Waals surface area contributed by atoms with E-state index in [1.165, 1.54) is 24.3 Å². The van der Waals surface area contributed by atoms with Crippen LogP contribution in [0.15, 0.2) is 48.5 Å². The van der Waals surface area contributed by atoms with Crippen molar-refractivity contribution in [1.82, 2.24) is 5.32 Å². The van der Waals surface area contributed by atoms with Crippen molar-refractivity contribution in [3.05, 3.63) is 59.9 Å². The van der Waals surface area contributed by atoms with Crippen molar-refractivity contribution in [1.29, 1.82) is 0 Å². The lowest BCUT2D eigenvalue weighted by Gasteiger charge is -2.30. The number of benzene rings is 2. The largest absolute Gasteiger partial charge is 0.491 e. The van der Waals surface area contributed by atoms with Crippen molar-refractivity contribution in [2.75, 3.05) is 10.6 Å². The number of nitrogens with zero attached hydrogens (tertiary/aromatic N) is 1. The van der Waals surface area contributed by atoms with Gasteiger partial charge in [-0.1, -0.05) is 31.2 Å². The summed E-state index contributed by atoms with van der Waals surface area (Å²) in [5.74, 6) is -0.526. The molecule has 1 atom stereocenters. The number of sulfonamides is 1. The van der Waals surface area contributed by atoms with E-state index >= 15 is 0 Å². The van der Waals surface area contributed by atoms with Crippen LogP contribution in [-0.2, 0) is 21.4 Å². The number of ether oxygens (including phenoxy) is 1. The minimum Gasteiger partial charge on any atom is -0.491 e. The second-order valence-electron chi connectivity index (χ2n) is 6.97. The van der Waals surface area contributed by atoms with Crippen LogP contribution in [0.4, 0.5) is 10.1 Å². The van der Waals surface area contributed by atoms with Gasteiger partial charge < -0.3 is 10.1 Å². The smallest absolute Gasteiger partial charge is 0.244 e. The van der Waals surface area contributed by atoms with Crippen molar-refractivity contribution < 1.29 is 22.3 Å². The molecule has 0 aliphatic rings. The zero-order valence-corrected chi connectivity index (χ0v) is 17.9. The summed E-state index contributed by atoms with van der Waals surface area (Å²) >= 11 is 0. The number of anilines is 1. The third-order valence-electron chi connectivity index (χ3n) is 4.16. The fraction of sp³-hybridized carbons (Fsp3) is 0.381. The first-order valence-corrected chi connectivity index (χ1v) is 11.3. The predicted molar refractivity (Wildman–Crippen MR) is 112 cm³/mol. The lowest BCUT2D eigenvalue weighted by atomic mass is 10.1. The van der Waals surface area contributed by atoms with E-state index in [-0.39, 0.29) is 24.8 Å². The molecule has 0 heterocycles. The number of carbonyl (C=O) groups is 1. The van der Waals surface area contributed by atoms with E-state index in [0.717, 1.165) is 16.1 Å². The summed E-state index contributed by atoms with van der Waals surface area (Å²) in [4.78, 5) is 12.8. The van der Waals surface area contributed by atoms with Crippen LogP contribution in [0.1, 0.15) is 32.8 Å². The molecular weight excluding hydrogens is 395 g/mol. The molecule has 1 N–H and O–H groups in total. The van der Waals surface area contributed by atoms with Crippen LogP contribution < -0.4 is 14.4 Å². The van der Waals surface area contributed by atoms with Crippen molar-refractivity contribution >= 4 is 21.6 Å². The van der Waals surface area contributed by atoms with Crippen molar-refractivity contribution in [3.63, 3.8) is 0 Å². The fourth-order valence-electron chi connectivity index (χ4n) is 2.97. The summed E-state index contributed by atoms with van der Waals surface area (Å²) in [6.07, 6.45) is 1.17. The maximum Gasteiger partial charge on any atom is 0.244 e. The van der Waals surface area contributed by atoms with Gasteiger partial charge in [-0.2, -0.15) is 0 Å². The highest BCUT2D eigenvalue weighted by molar-refractivity contribution is 7.92. The molecule has 0 radical (unpaired) electrons. The van der Waals surface area contributed by atoms with Crippen LogP contribution in [-0.4, -0.2) is 32.7 Å². The average Bonchev–Trinajstić information content (AvgIpc) is 2.64. The fourth-order valence-corrected chi connectivity index (χ4v) is 4.19. The van der Waals surface area contributed by atoms with Gasteiger partial charge in [0.1, 0.15) is 17.6 Å². The monoisotopic (exact) mass is 422 g/mol. The number of hydrogen-bond donors (Lipinski definition) is 1. The summed E-state index contributed by atoms with van der Waals surface area (Å²) < 4.78 is 45.5. The molecule has 0 bridgehead atoms. The van der Waals surface area contributed by atoms with Gasteiger partial charge in [0, 0.05) is 6.54 Å². The molecule has 2 aromatic rings. The normalized spacial score (nSPS) is 12.5. The number of carbonyl (C=O) groups excluding carboxylic acids is 1. The summed E-state index contributed by atoms with van der Waals surface area (Å²) in [6.45, 7) is 5.71. The van der Waals surface area contributed by atoms with Gasteiger partial charge in [0.25, 0.3) is 0 Å². The van der Waals surface area contributed by atoms with Crippen LogP contribution in [0.5, 0.6) is 5.75 Å². The highest BCUT2D eigenvalue weighted by Crippen LogP contribution is 2.25. The number of rotatable bonds is 9. The van der Waals surface area contributed by atoms with Crippen LogP contribution in [0, 0.1) is 5.82 Å². The number of nitrogens with one attached hydrogen (secondary N) is 1. The third kappa shape index (κ3) is 6.19. The van der Waals surface area contributed by atoms with E-state index in [9.17, 15) is 17.6 Å². The van der Waals surface area contributed by atoms with Gasteiger partial charge >= 0.3 is 0 Å². The van der Waals surface area contributed by atoms with E-state index < -0.39 is 27.8 Å². The van der Waals surface area contributed by atoms with Crippen molar-refractivity contribution in [2.45, 2.75) is 45.9 Å². The Bertz CT molecular complexity index is 947. The Balaban J connectivity index is 2.21. The van der Waals surface area contributed by atoms with E-state index in [1.807, 2.05) is 38.1 Å². The van der Waals surface area contributed by atoms with Gasteiger partial charge in [0.15, 0.2) is 0 Å². The second kappa shape index (κ2) is 9.73. The Kier molecular flexibility index (Phi) is 7.61. The number of halogens is 1. The first kappa shape index (κ1) is 22.7. The Hall–Kier alpha value is -2.61. The molecule has 1 unspecified atom stereocenters. The molecule has 2 aromatic carbocycles. The molecule has 0 aliphatic heterocycles. The third-order valence-corrected chi connectivity index (χ3v) is 5.32. The first-order chi connectivity index (χ1) is 13.6. The molecular formula is C21H27FN2O4S.